The van der Waals surface area contributed by atoms with Gasteiger partial charge in [-0.3, -0.25) is 13.8 Å². The lowest BCUT2D eigenvalue weighted by Crippen LogP contribution is -2.38. The predicted octanol–water partition coefficient (Wildman–Crippen LogP) is 5.30. The van der Waals surface area contributed by atoms with E-state index >= 15 is 0 Å². The van der Waals surface area contributed by atoms with E-state index in [1.165, 1.54) is 68.8 Å². The fourth-order valence-electron chi connectivity index (χ4n) is 3.94. The van der Waals surface area contributed by atoms with Crippen LogP contribution in [-0.4, -0.2) is 43.5 Å². The quantitative estimate of drug-likeness (QED) is 0.230. The summed E-state index contributed by atoms with van der Waals surface area (Å²) in [6.45, 7) is 1.25. The topological polar surface area (TPSA) is 131 Å². The molecular weight excluding hydrogens is 602 g/mol. The van der Waals surface area contributed by atoms with Crippen LogP contribution in [0.5, 0.6) is 11.5 Å². The number of amides is 1. The molecule has 0 saturated heterocycles. The van der Waals surface area contributed by atoms with Crippen molar-refractivity contribution in [2.24, 2.45) is 0 Å². The van der Waals surface area contributed by atoms with E-state index in [1.54, 1.807) is 36.4 Å². The van der Waals surface area contributed by atoms with Crippen LogP contribution in [0.3, 0.4) is 0 Å². The van der Waals surface area contributed by atoms with Gasteiger partial charge in [-0.25, -0.2) is 16.8 Å². The van der Waals surface area contributed by atoms with E-state index in [0.717, 1.165) is 9.87 Å². The molecule has 42 heavy (non-hydrogen) atoms. The number of hydrogen-bond donors (Lipinski definition) is 2. The SMILES string of the molecule is COc1ccc(OC)c(NS(=O)(=O)c2ccc(NC(=O)CN(c3ccccc3Cl)S(=O)(=O)c3ccc(C)cc3)cc2)c1. The van der Waals surface area contributed by atoms with Gasteiger partial charge in [0.15, 0.2) is 0 Å². The molecule has 0 aliphatic heterocycles. The molecule has 0 atom stereocenters. The highest BCUT2D eigenvalue weighted by Crippen LogP contribution is 2.32. The number of carbonyl (C=O) groups is 1. The van der Waals surface area contributed by atoms with Crippen molar-refractivity contribution in [1.29, 1.82) is 0 Å². The van der Waals surface area contributed by atoms with E-state index in [2.05, 4.69) is 10.0 Å². The van der Waals surface area contributed by atoms with Gasteiger partial charge in [-0.2, -0.15) is 0 Å². The summed E-state index contributed by atoms with van der Waals surface area (Å²) < 4.78 is 67.0. The Labute approximate surface area is 250 Å². The standard InChI is InChI=1S/C29H28ClN3O7S2/c1-20-8-13-24(14-9-20)42(37,38)33(27-7-5-4-6-25(27)30)19-29(34)31-21-10-15-23(16-11-21)41(35,36)32-26-18-22(39-2)12-17-28(26)40-3/h4-18,32H,19H2,1-3H3,(H,31,34). The van der Waals surface area contributed by atoms with Gasteiger partial charge in [-0.15, -0.1) is 0 Å². The van der Waals surface area contributed by atoms with Gasteiger partial charge in [-0.05, 0) is 67.6 Å². The number of nitrogens with zero attached hydrogens (tertiary/aromatic N) is 1. The maximum atomic E-state index is 13.6. The van der Waals surface area contributed by atoms with E-state index in [-0.39, 0.29) is 31.9 Å². The van der Waals surface area contributed by atoms with Crippen molar-refractivity contribution >= 4 is 54.6 Å². The molecule has 220 valence electrons. The average molecular weight is 630 g/mol. The average Bonchev–Trinajstić information content (AvgIpc) is 2.96. The zero-order chi connectivity index (χ0) is 30.5. The molecule has 13 heteroatoms. The highest BCUT2D eigenvalue weighted by atomic mass is 35.5. The number of ether oxygens (including phenoxy) is 2. The highest BCUT2D eigenvalue weighted by molar-refractivity contribution is 7.93. The van der Waals surface area contributed by atoms with Gasteiger partial charge in [0, 0.05) is 11.8 Å². The summed E-state index contributed by atoms with van der Waals surface area (Å²) in [4.78, 5) is 13.0. The number of anilines is 3. The lowest BCUT2D eigenvalue weighted by Gasteiger charge is -2.25. The Balaban J connectivity index is 1.54. The van der Waals surface area contributed by atoms with E-state index in [4.69, 9.17) is 21.1 Å². The lowest BCUT2D eigenvalue weighted by molar-refractivity contribution is -0.114. The maximum Gasteiger partial charge on any atom is 0.264 e. The van der Waals surface area contributed by atoms with Crippen LogP contribution >= 0.6 is 11.6 Å². The van der Waals surface area contributed by atoms with Crippen LogP contribution in [0.15, 0.2) is 101 Å². The molecule has 0 radical (unpaired) electrons. The number of sulfonamides is 2. The fraction of sp³-hybridized carbons (Fsp3) is 0.138. The molecule has 0 aromatic heterocycles. The molecule has 0 aliphatic rings. The van der Waals surface area contributed by atoms with Gasteiger partial charge in [0.05, 0.1) is 40.4 Å². The Morgan fingerprint density at radius 1 is 0.833 bits per heavy atom. The van der Waals surface area contributed by atoms with Gasteiger partial charge < -0.3 is 14.8 Å². The molecule has 2 N–H and O–H groups in total. The van der Waals surface area contributed by atoms with Crippen LogP contribution in [0.25, 0.3) is 0 Å². The molecule has 0 fully saturated rings. The van der Waals surface area contributed by atoms with Crippen molar-refractivity contribution in [3.8, 4) is 11.5 Å². The summed E-state index contributed by atoms with van der Waals surface area (Å²) in [5.41, 5.74) is 1.45. The summed E-state index contributed by atoms with van der Waals surface area (Å²) in [6.07, 6.45) is 0. The first-order valence-electron chi connectivity index (χ1n) is 12.4. The first kappa shape index (κ1) is 30.7. The smallest absolute Gasteiger partial charge is 0.264 e. The van der Waals surface area contributed by atoms with Crippen molar-refractivity contribution in [1.82, 2.24) is 0 Å². The van der Waals surface area contributed by atoms with Crippen LogP contribution in [0.2, 0.25) is 5.02 Å². The number of methoxy groups -OCH3 is 2. The predicted molar refractivity (Wildman–Crippen MR) is 163 cm³/mol. The summed E-state index contributed by atoms with van der Waals surface area (Å²) in [5.74, 6) is 0.0640. The molecule has 0 aliphatic carbocycles. The third-order valence-electron chi connectivity index (χ3n) is 6.12. The van der Waals surface area contributed by atoms with Gasteiger partial charge in [0.2, 0.25) is 5.91 Å². The van der Waals surface area contributed by atoms with E-state index in [9.17, 15) is 21.6 Å². The molecule has 4 aromatic rings. The van der Waals surface area contributed by atoms with E-state index in [0.29, 0.717) is 11.5 Å². The normalized spacial score (nSPS) is 11.4. The molecular formula is C29H28ClN3O7S2. The Hall–Kier alpha value is -4.26. The molecule has 0 bridgehead atoms. The number of carbonyl (C=O) groups excluding carboxylic acids is 1. The second-order valence-electron chi connectivity index (χ2n) is 9.02. The number of halogens is 1. The Morgan fingerprint density at radius 3 is 2.10 bits per heavy atom. The molecule has 4 aromatic carbocycles. The Kier molecular flexibility index (Phi) is 9.30. The lowest BCUT2D eigenvalue weighted by atomic mass is 10.2. The minimum absolute atomic E-state index is 0.00412. The molecule has 0 unspecified atom stereocenters. The van der Waals surface area contributed by atoms with Gasteiger partial charge >= 0.3 is 0 Å². The zero-order valence-electron chi connectivity index (χ0n) is 22.9. The highest BCUT2D eigenvalue weighted by Gasteiger charge is 2.29. The second kappa shape index (κ2) is 12.7. The number of rotatable bonds is 11. The molecule has 0 heterocycles. The zero-order valence-corrected chi connectivity index (χ0v) is 25.3. The minimum atomic E-state index is -4.17. The van der Waals surface area contributed by atoms with Crippen molar-refractivity contribution in [3.63, 3.8) is 0 Å². The largest absolute Gasteiger partial charge is 0.497 e. The number of aryl methyl sites for hydroxylation is 1. The van der Waals surface area contributed by atoms with Crippen LogP contribution in [0, 0.1) is 6.92 Å². The van der Waals surface area contributed by atoms with Gasteiger partial charge in [-0.1, -0.05) is 41.4 Å². The molecule has 10 nitrogen and oxygen atoms in total. The van der Waals surface area contributed by atoms with Crippen molar-refractivity contribution in [2.45, 2.75) is 16.7 Å². The Bertz CT molecular complexity index is 1800. The first-order chi connectivity index (χ1) is 19.9. The number of benzene rings is 4. The molecule has 1 amide bonds. The van der Waals surface area contributed by atoms with Crippen molar-refractivity contribution in [2.75, 3.05) is 35.1 Å². The fourth-order valence-corrected chi connectivity index (χ4v) is 6.73. The number of hydrogen-bond acceptors (Lipinski definition) is 7. The summed E-state index contributed by atoms with van der Waals surface area (Å²) in [5, 5.41) is 2.76. The molecule has 4 rings (SSSR count). The van der Waals surface area contributed by atoms with Crippen molar-refractivity contribution in [3.05, 3.63) is 102 Å². The van der Waals surface area contributed by atoms with Gasteiger partial charge in [0.1, 0.15) is 18.0 Å². The molecule has 0 saturated carbocycles. The number of nitrogens with one attached hydrogen (secondary N) is 2. The van der Waals surface area contributed by atoms with E-state index < -0.39 is 32.5 Å². The van der Waals surface area contributed by atoms with Gasteiger partial charge in [0.25, 0.3) is 20.0 Å². The first-order valence-corrected chi connectivity index (χ1v) is 15.7. The maximum absolute atomic E-state index is 13.6. The number of para-hydroxylation sites is 1. The van der Waals surface area contributed by atoms with Crippen LogP contribution < -0.4 is 23.8 Å². The summed E-state index contributed by atoms with van der Waals surface area (Å²) in [7, 11) is -5.33. The van der Waals surface area contributed by atoms with Crippen LogP contribution in [-0.2, 0) is 24.8 Å². The van der Waals surface area contributed by atoms with Crippen LogP contribution in [0.1, 0.15) is 5.56 Å². The monoisotopic (exact) mass is 629 g/mol. The molecule has 0 spiro atoms. The van der Waals surface area contributed by atoms with E-state index in [1.807, 2.05) is 6.92 Å². The second-order valence-corrected chi connectivity index (χ2v) is 13.0. The van der Waals surface area contributed by atoms with Crippen LogP contribution in [0.4, 0.5) is 17.1 Å². The van der Waals surface area contributed by atoms with Crippen molar-refractivity contribution < 1.29 is 31.1 Å². The third-order valence-corrected chi connectivity index (χ3v) is 9.59. The summed E-state index contributed by atoms with van der Waals surface area (Å²) >= 11 is 6.32. The minimum Gasteiger partial charge on any atom is -0.497 e. The summed E-state index contributed by atoms with van der Waals surface area (Å²) in [6, 6.07) is 22.6. The third kappa shape index (κ3) is 6.96. The Morgan fingerprint density at radius 2 is 1.48 bits per heavy atom.